The van der Waals surface area contributed by atoms with Crippen LogP contribution < -0.4 is 10.1 Å². The summed E-state index contributed by atoms with van der Waals surface area (Å²) in [4.78, 5) is 4.14. The zero-order chi connectivity index (χ0) is 10.5. The van der Waals surface area contributed by atoms with Gasteiger partial charge in [-0.3, -0.25) is 0 Å². The van der Waals surface area contributed by atoms with E-state index >= 15 is 0 Å². The third-order valence-corrected chi connectivity index (χ3v) is 2.73. The second-order valence-corrected chi connectivity index (χ2v) is 3.82. The fourth-order valence-electron chi connectivity index (χ4n) is 1.30. The highest BCUT2D eigenvalue weighted by atomic mass is 32.1. The smallest absolute Gasteiger partial charge is 0.218 e. The minimum absolute atomic E-state index is 0.681. The van der Waals surface area contributed by atoms with Crippen LogP contribution in [0.1, 0.15) is 5.56 Å². The van der Waals surface area contributed by atoms with E-state index in [1.165, 1.54) is 0 Å². The summed E-state index contributed by atoms with van der Waals surface area (Å²) < 4.78 is 5.17. The topological polar surface area (TPSA) is 34.1 Å². The lowest BCUT2D eigenvalue weighted by molar-refractivity contribution is 0.393. The average molecular weight is 220 g/mol. The summed E-state index contributed by atoms with van der Waals surface area (Å²) in [6, 6.07) is 5.96. The van der Waals surface area contributed by atoms with Crippen molar-refractivity contribution in [3.05, 3.63) is 40.7 Å². The van der Waals surface area contributed by atoms with Crippen LogP contribution >= 0.6 is 11.3 Å². The molecule has 3 nitrogen and oxygen atoms in total. The summed E-state index contributed by atoms with van der Waals surface area (Å²) in [5, 5.41) is 7.42. The number of nitrogens with one attached hydrogen (secondary N) is 1. The number of aromatic nitrogens is 1. The highest BCUT2D eigenvalue weighted by Gasteiger charge is 2.02. The number of hydrogen-bond donors (Lipinski definition) is 1. The van der Waals surface area contributed by atoms with Gasteiger partial charge in [-0.2, -0.15) is 11.3 Å². The molecular weight excluding hydrogens is 208 g/mol. The maximum atomic E-state index is 5.17. The fourth-order valence-corrected chi connectivity index (χ4v) is 1.92. The van der Waals surface area contributed by atoms with E-state index < -0.39 is 0 Å². The van der Waals surface area contributed by atoms with E-state index in [9.17, 15) is 0 Å². The van der Waals surface area contributed by atoms with Gasteiger partial charge in [-0.15, -0.1) is 0 Å². The lowest BCUT2D eigenvalue weighted by atomic mass is 10.2. The lowest BCUT2D eigenvalue weighted by Gasteiger charge is -2.07. The van der Waals surface area contributed by atoms with Crippen molar-refractivity contribution in [3.8, 4) is 5.88 Å². The standard InChI is InChI=1S/C11H12N2OS/c1-14-11-9(3-2-5-12-11)7-13-10-4-6-15-8-10/h2-6,8,13H,7H2,1H3. The van der Waals surface area contributed by atoms with E-state index in [-0.39, 0.29) is 0 Å². The minimum Gasteiger partial charge on any atom is -0.481 e. The van der Waals surface area contributed by atoms with Crippen LogP contribution in [0.15, 0.2) is 35.2 Å². The first kappa shape index (κ1) is 9.98. The van der Waals surface area contributed by atoms with Gasteiger partial charge in [-0.25, -0.2) is 4.98 Å². The van der Waals surface area contributed by atoms with E-state index in [0.717, 1.165) is 17.8 Å². The van der Waals surface area contributed by atoms with Crippen molar-refractivity contribution >= 4 is 17.0 Å². The SMILES string of the molecule is COc1ncccc1CNc1ccsc1. The normalized spacial score (nSPS) is 9.93. The van der Waals surface area contributed by atoms with Gasteiger partial charge in [0, 0.05) is 29.4 Å². The second kappa shape index (κ2) is 4.79. The zero-order valence-electron chi connectivity index (χ0n) is 8.43. The third kappa shape index (κ3) is 2.47. The van der Waals surface area contributed by atoms with E-state index in [0.29, 0.717) is 5.88 Å². The molecule has 0 fully saturated rings. The Labute approximate surface area is 92.7 Å². The summed E-state index contributed by atoms with van der Waals surface area (Å²) in [6.45, 7) is 0.730. The van der Waals surface area contributed by atoms with Gasteiger partial charge in [0.25, 0.3) is 0 Å². The van der Waals surface area contributed by atoms with Crippen molar-refractivity contribution in [2.45, 2.75) is 6.54 Å². The summed E-state index contributed by atoms with van der Waals surface area (Å²) in [5.41, 5.74) is 2.19. The van der Waals surface area contributed by atoms with Crippen molar-refractivity contribution in [2.75, 3.05) is 12.4 Å². The molecular formula is C11H12N2OS. The van der Waals surface area contributed by atoms with Crippen LogP contribution in [0.4, 0.5) is 5.69 Å². The number of rotatable bonds is 4. The number of anilines is 1. The Morgan fingerprint density at radius 2 is 2.40 bits per heavy atom. The molecule has 0 aliphatic heterocycles. The Morgan fingerprint density at radius 1 is 1.47 bits per heavy atom. The summed E-state index contributed by atoms with van der Waals surface area (Å²) in [6.07, 6.45) is 1.73. The number of nitrogens with zero attached hydrogens (tertiary/aromatic N) is 1. The molecule has 2 aromatic rings. The zero-order valence-corrected chi connectivity index (χ0v) is 9.25. The number of pyridine rings is 1. The summed E-state index contributed by atoms with van der Waals surface area (Å²) in [5.74, 6) is 0.681. The number of thiophene rings is 1. The van der Waals surface area contributed by atoms with Crippen molar-refractivity contribution in [2.24, 2.45) is 0 Å². The molecule has 0 saturated heterocycles. The molecule has 78 valence electrons. The Kier molecular flexibility index (Phi) is 3.19. The molecule has 0 aliphatic carbocycles. The quantitative estimate of drug-likeness (QED) is 0.860. The van der Waals surface area contributed by atoms with Crippen molar-refractivity contribution in [1.82, 2.24) is 4.98 Å². The van der Waals surface area contributed by atoms with Crippen molar-refractivity contribution < 1.29 is 4.74 Å². The number of methoxy groups -OCH3 is 1. The van der Waals surface area contributed by atoms with Gasteiger partial charge < -0.3 is 10.1 Å². The van der Waals surface area contributed by atoms with E-state index in [1.54, 1.807) is 24.6 Å². The monoisotopic (exact) mass is 220 g/mol. The second-order valence-electron chi connectivity index (χ2n) is 3.04. The van der Waals surface area contributed by atoms with Crippen LogP contribution in [0.5, 0.6) is 5.88 Å². The van der Waals surface area contributed by atoms with E-state index in [1.807, 2.05) is 23.6 Å². The largest absolute Gasteiger partial charge is 0.481 e. The summed E-state index contributed by atoms with van der Waals surface area (Å²) >= 11 is 1.68. The molecule has 15 heavy (non-hydrogen) atoms. The molecule has 0 aromatic carbocycles. The Balaban J connectivity index is 2.04. The molecule has 0 aliphatic rings. The molecule has 1 N–H and O–H groups in total. The molecule has 0 spiro atoms. The highest BCUT2D eigenvalue weighted by molar-refractivity contribution is 7.08. The minimum atomic E-state index is 0.681. The Bertz CT molecular complexity index is 414. The number of ether oxygens (including phenoxy) is 1. The van der Waals surface area contributed by atoms with Crippen LogP contribution in [0.25, 0.3) is 0 Å². The molecule has 2 rings (SSSR count). The maximum absolute atomic E-state index is 5.17. The van der Waals surface area contributed by atoms with Gasteiger partial charge in [0.15, 0.2) is 0 Å². The van der Waals surface area contributed by atoms with E-state index in [2.05, 4.69) is 15.7 Å². The average Bonchev–Trinajstić information content (AvgIpc) is 2.79. The van der Waals surface area contributed by atoms with Crippen LogP contribution in [0.2, 0.25) is 0 Å². The van der Waals surface area contributed by atoms with Gasteiger partial charge in [0.2, 0.25) is 5.88 Å². The van der Waals surface area contributed by atoms with Gasteiger partial charge in [-0.05, 0) is 17.5 Å². The molecule has 4 heteroatoms. The predicted molar refractivity (Wildman–Crippen MR) is 62.4 cm³/mol. The van der Waals surface area contributed by atoms with Crippen LogP contribution in [-0.4, -0.2) is 12.1 Å². The molecule has 0 saturated carbocycles. The first-order chi connectivity index (χ1) is 7.40. The molecule has 0 amide bonds. The van der Waals surface area contributed by atoms with Crippen LogP contribution in [-0.2, 0) is 6.54 Å². The van der Waals surface area contributed by atoms with Gasteiger partial charge in [0.05, 0.1) is 7.11 Å². The molecule has 2 aromatic heterocycles. The van der Waals surface area contributed by atoms with Crippen LogP contribution in [0.3, 0.4) is 0 Å². The van der Waals surface area contributed by atoms with Crippen LogP contribution in [0, 0.1) is 0 Å². The lowest BCUT2D eigenvalue weighted by Crippen LogP contribution is -2.01. The first-order valence-electron chi connectivity index (χ1n) is 4.64. The molecule has 0 atom stereocenters. The Morgan fingerprint density at radius 3 is 3.13 bits per heavy atom. The molecule has 0 unspecified atom stereocenters. The van der Waals surface area contributed by atoms with Crippen molar-refractivity contribution in [1.29, 1.82) is 0 Å². The maximum Gasteiger partial charge on any atom is 0.218 e. The predicted octanol–water partition coefficient (Wildman–Crippen LogP) is 2.76. The van der Waals surface area contributed by atoms with E-state index in [4.69, 9.17) is 4.74 Å². The third-order valence-electron chi connectivity index (χ3n) is 2.05. The van der Waals surface area contributed by atoms with Gasteiger partial charge >= 0.3 is 0 Å². The molecule has 0 bridgehead atoms. The molecule has 0 radical (unpaired) electrons. The van der Waals surface area contributed by atoms with Crippen molar-refractivity contribution in [3.63, 3.8) is 0 Å². The summed E-state index contributed by atoms with van der Waals surface area (Å²) in [7, 11) is 1.64. The Hall–Kier alpha value is -1.55. The first-order valence-corrected chi connectivity index (χ1v) is 5.58. The fraction of sp³-hybridized carbons (Fsp3) is 0.182. The van der Waals surface area contributed by atoms with Gasteiger partial charge in [0.1, 0.15) is 0 Å². The highest BCUT2D eigenvalue weighted by Crippen LogP contribution is 2.17. The molecule has 2 heterocycles. The number of hydrogen-bond acceptors (Lipinski definition) is 4. The van der Waals surface area contributed by atoms with Gasteiger partial charge in [-0.1, -0.05) is 6.07 Å².